The predicted octanol–water partition coefficient (Wildman–Crippen LogP) is 5.64. The van der Waals surface area contributed by atoms with Gasteiger partial charge in [0.15, 0.2) is 11.0 Å². The molecule has 0 aliphatic heterocycles. The molecule has 0 bridgehead atoms. The summed E-state index contributed by atoms with van der Waals surface area (Å²) in [5.74, 6) is 0.477. The average Bonchev–Trinajstić information content (AvgIpc) is 3.22. The third-order valence-corrected chi connectivity index (χ3v) is 6.29. The van der Waals surface area contributed by atoms with Gasteiger partial charge in [-0.25, -0.2) is 0 Å². The Labute approximate surface area is 201 Å². The lowest BCUT2D eigenvalue weighted by atomic mass is 10.2. The lowest BCUT2D eigenvalue weighted by Gasteiger charge is -2.14. The van der Waals surface area contributed by atoms with E-state index in [1.807, 2.05) is 59.2 Å². The predicted molar refractivity (Wildman–Crippen MR) is 131 cm³/mol. The van der Waals surface area contributed by atoms with Crippen LogP contribution in [0.5, 0.6) is 0 Å². The van der Waals surface area contributed by atoms with Crippen LogP contribution in [0, 0.1) is 11.3 Å². The minimum absolute atomic E-state index is 0.218. The molecule has 4 rings (SSSR count). The Morgan fingerprint density at radius 2 is 1.76 bits per heavy atom. The number of hydrogen-bond acceptors (Lipinski definition) is 5. The van der Waals surface area contributed by atoms with Gasteiger partial charge in [0.1, 0.15) is 6.07 Å². The standard InChI is InChI=1S/C25H20ClN5OS/c1-17(24(32)28-22-10-6-5-9-20(22)15-27)33-25-30-29-23(19-11-13-21(26)14-12-19)31(25)16-18-7-3-2-4-8-18/h2-14,17H,16H2,1H3,(H,28,32). The Morgan fingerprint density at radius 1 is 1.06 bits per heavy atom. The van der Waals surface area contributed by atoms with Crippen LogP contribution in [0.2, 0.25) is 5.02 Å². The number of anilines is 1. The number of rotatable bonds is 7. The van der Waals surface area contributed by atoms with Crippen molar-refractivity contribution in [2.24, 2.45) is 0 Å². The van der Waals surface area contributed by atoms with Crippen molar-refractivity contribution in [2.45, 2.75) is 23.9 Å². The maximum atomic E-state index is 12.9. The molecule has 3 aromatic carbocycles. The van der Waals surface area contributed by atoms with Gasteiger partial charge in [0.05, 0.1) is 23.0 Å². The molecule has 1 N–H and O–H groups in total. The van der Waals surface area contributed by atoms with Crippen LogP contribution in [0.4, 0.5) is 5.69 Å². The number of hydrogen-bond donors (Lipinski definition) is 1. The number of carbonyl (C=O) groups excluding carboxylic acids is 1. The number of nitriles is 1. The van der Waals surface area contributed by atoms with Crippen molar-refractivity contribution in [3.8, 4) is 17.5 Å². The second kappa shape index (κ2) is 10.3. The van der Waals surface area contributed by atoms with Crippen LogP contribution in [0.25, 0.3) is 11.4 Å². The molecule has 0 spiro atoms. The number of thioether (sulfide) groups is 1. The van der Waals surface area contributed by atoms with Gasteiger partial charge in [0, 0.05) is 10.6 Å². The molecule has 4 aromatic rings. The monoisotopic (exact) mass is 473 g/mol. The highest BCUT2D eigenvalue weighted by Gasteiger charge is 2.22. The smallest absolute Gasteiger partial charge is 0.237 e. The number of benzene rings is 3. The van der Waals surface area contributed by atoms with Crippen LogP contribution in [-0.4, -0.2) is 25.9 Å². The van der Waals surface area contributed by atoms with E-state index in [0.717, 1.165) is 11.1 Å². The molecule has 0 fully saturated rings. The maximum Gasteiger partial charge on any atom is 0.237 e. The summed E-state index contributed by atoms with van der Waals surface area (Å²) in [6.45, 7) is 2.36. The first-order valence-corrected chi connectivity index (χ1v) is 11.5. The first-order chi connectivity index (χ1) is 16.0. The lowest BCUT2D eigenvalue weighted by Crippen LogP contribution is -2.23. The van der Waals surface area contributed by atoms with E-state index in [1.165, 1.54) is 11.8 Å². The minimum Gasteiger partial charge on any atom is -0.324 e. The van der Waals surface area contributed by atoms with Gasteiger partial charge >= 0.3 is 0 Å². The molecule has 0 aliphatic carbocycles. The first kappa shape index (κ1) is 22.6. The fourth-order valence-electron chi connectivity index (χ4n) is 3.23. The van der Waals surface area contributed by atoms with Crippen LogP contribution in [0.1, 0.15) is 18.1 Å². The summed E-state index contributed by atoms with van der Waals surface area (Å²) in [7, 11) is 0. The molecule has 164 valence electrons. The molecule has 0 radical (unpaired) electrons. The van der Waals surface area contributed by atoms with E-state index >= 15 is 0 Å². The van der Waals surface area contributed by atoms with Gasteiger partial charge in [0.25, 0.3) is 0 Å². The number of halogens is 1. The highest BCUT2D eigenvalue weighted by Crippen LogP contribution is 2.29. The Bertz CT molecular complexity index is 1300. The number of aromatic nitrogens is 3. The highest BCUT2D eigenvalue weighted by molar-refractivity contribution is 8.00. The van der Waals surface area contributed by atoms with Gasteiger partial charge in [-0.3, -0.25) is 9.36 Å². The number of para-hydroxylation sites is 1. The summed E-state index contributed by atoms with van der Waals surface area (Å²) in [6.07, 6.45) is 0. The number of nitrogens with zero attached hydrogens (tertiary/aromatic N) is 4. The van der Waals surface area contributed by atoms with Crippen molar-refractivity contribution in [3.05, 3.63) is 95.0 Å². The van der Waals surface area contributed by atoms with Gasteiger partial charge in [-0.05, 0) is 48.9 Å². The second-order valence-corrected chi connectivity index (χ2v) is 9.04. The minimum atomic E-state index is -0.464. The Kier molecular flexibility index (Phi) is 7.08. The van der Waals surface area contributed by atoms with Crippen molar-refractivity contribution >= 4 is 35.0 Å². The molecule has 1 aromatic heterocycles. The fourth-order valence-corrected chi connectivity index (χ4v) is 4.21. The first-order valence-electron chi connectivity index (χ1n) is 10.2. The lowest BCUT2D eigenvalue weighted by molar-refractivity contribution is -0.115. The third-order valence-electron chi connectivity index (χ3n) is 4.96. The number of carbonyl (C=O) groups is 1. The van der Waals surface area contributed by atoms with Crippen LogP contribution >= 0.6 is 23.4 Å². The van der Waals surface area contributed by atoms with Gasteiger partial charge in [0.2, 0.25) is 5.91 Å². The van der Waals surface area contributed by atoms with E-state index in [1.54, 1.807) is 31.2 Å². The van der Waals surface area contributed by atoms with E-state index in [9.17, 15) is 10.1 Å². The average molecular weight is 474 g/mol. The van der Waals surface area contributed by atoms with E-state index in [0.29, 0.717) is 33.8 Å². The van der Waals surface area contributed by atoms with Gasteiger partial charge in [-0.1, -0.05) is 65.8 Å². The molecule has 0 saturated carbocycles. The molecule has 0 aliphatic rings. The van der Waals surface area contributed by atoms with Gasteiger partial charge in [-0.15, -0.1) is 10.2 Å². The summed E-state index contributed by atoms with van der Waals surface area (Å²) < 4.78 is 2.00. The van der Waals surface area contributed by atoms with E-state index in [-0.39, 0.29) is 5.91 Å². The van der Waals surface area contributed by atoms with E-state index < -0.39 is 5.25 Å². The summed E-state index contributed by atoms with van der Waals surface area (Å²) in [5, 5.41) is 21.7. The van der Waals surface area contributed by atoms with E-state index in [2.05, 4.69) is 21.6 Å². The summed E-state index contributed by atoms with van der Waals surface area (Å²) in [6, 6.07) is 26.5. The normalized spacial score (nSPS) is 11.5. The quantitative estimate of drug-likeness (QED) is 0.351. The second-order valence-electron chi connectivity index (χ2n) is 7.29. The van der Waals surface area contributed by atoms with Gasteiger partial charge < -0.3 is 5.32 Å². The molecule has 0 saturated heterocycles. The topological polar surface area (TPSA) is 83.6 Å². The third kappa shape index (κ3) is 5.43. The fraction of sp³-hybridized carbons (Fsp3) is 0.120. The molecule has 1 atom stereocenters. The Morgan fingerprint density at radius 3 is 2.48 bits per heavy atom. The summed E-state index contributed by atoms with van der Waals surface area (Å²) in [5.41, 5.74) is 2.88. The molecular weight excluding hydrogens is 454 g/mol. The molecular formula is C25H20ClN5OS. The molecule has 1 amide bonds. The van der Waals surface area contributed by atoms with Crippen LogP contribution in [0.15, 0.2) is 84.0 Å². The van der Waals surface area contributed by atoms with Crippen LogP contribution < -0.4 is 5.32 Å². The van der Waals surface area contributed by atoms with Crippen LogP contribution in [-0.2, 0) is 11.3 Å². The molecule has 33 heavy (non-hydrogen) atoms. The van der Waals surface area contributed by atoms with Crippen molar-refractivity contribution in [2.75, 3.05) is 5.32 Å². The SMILES string of the molecule is CC(Sc1nnc(-c2ccc(Cl)cc2)n1Cc1ccccc1)C(=O)Nc1ccccc1C#N. The van der Waals surface area contributed by atoms with E-state index in [4.69, 9.17) is 11.6 Å². The largest absolute Gasteiger partial charge is 0.324 e. The highest BCUT2D eigenvalue weighted by atomic mass is 35.5. The molecule has 8 heteroatoms. The van der Waals surface area contributed by atoms with Crippen molar-refractivity contribution in [3.63, 3.8) is 0 Å². The molecule has 1 heterocycles. The Balaban J connectivity index is 1.60. The summed E-state index contributed by atoms with van der Waals surface area (Å²) >= 11 is 7.37. The zero-order chi connectivity index (χ0) is 23.2. The van der Waals surface area contributed by atoms with Gasteiger partial charge in [-0.2, -0.15) is 5.26 Å². The maximum absolute atomic E-state index is 12.9. The number of nitrogens with one attached hydrogen (secondary N) is 1. The summed E-state index contributed by atoms with van der Waals surface area (Å²) in [4.78, 5) is 12.9. The van der Waals surface area contributed by atoms with Crippen molar-refractivity contribution in [1.82, 2.24) is 14.8 Å². The zero-order valence-corrected chi connectivity index (χ0v) is 19.3. The van der Waals surface area contributed by atoms with Crippen LogP contribution in [0.3, 0.4) is 0 Å². The Hall–Kier alpha value is -3.60. The van der Waals surface area contributed by atoms with Crippen molar-refractivity contribution in [1.29, 1.82) is 5.26 Å². The van der Waals surface area contributed by atoms with Crippen molar-refractivity contribution < 1.29 is 4.79 Å². The molecule has 6 nitrogen and oxygen atoms in total. The number of amides is 1. The zero-order valence-electron chi connectivity index (χ0n) is 17.8. The molecule has 1 unspecified atom stereocenters.